The first kappa shape index (κ1) is 27.5. The van der Waals surface area contributed by atoms with Gasteiger partial charge in [-0.25, -0.2) is 5.01 Å². The van der Waals surface area contributed by atoms with Crippen LogP contribution in [-0.2, 0) is 14.8 Å². The molecule has 0 spiro atoms. The topological polar surface area (TPSA) is 153 Å². The van der Waals surface area contributed by atoms with Crippen LogP contribution in [-0.4, -0.2) is 43.5 Å². The van der Waals surface area contributed by atoms with Crippen LogP contribution in [0.3, 0.4) is 0 Å². The molecule has 0 saturated carbocycles. The van der Waals surface area contributed by atoms with Crippen molar-refractivity contribution >= 4 is 45.2 Å². The first-order valence-corrected chi connectivity index (χ1v) is 13.6. The van der Waals surface area contributed by atoms with Gasteiger partial charge in [-0.2, -0.15) is 23.8 Å². The van der Waals surface area contributed by atoms with Crippen molar-refractivity contribution in [3.05, 3.63) is 101 Å². The molecule has 198 valence electrons. The maximum atomic E-state index is 13.2. The summed E-state index contributed by atoms with van der Waals surface area (Å²) in [4.78, 5) is 15.5. The minimum absolute atomic E-state index is 0.100. The van der Waals surface area contributed by atoms with Crippen LogP contribution in [0.1, 0.15) is 36.0 Å². The maximum Gasteiger partial charge on any atom is 0.285 e. The monoisotopic (exact) mass is 561 g/mol. The number of nitrogens with two attached hydrogens (primary N) is 1. The minimum atomic E-state index is -4.29. The summed E-state index contributed by atoms with van der Waals surface area (Å²) in [5, 5.41) is 18.0. The molecule has 1 amide bonds. The standard InChI is InChI=1S/C27H24ClN7O3S/c1-18(36)31-26(30)32-27(34-39(37,38)23-13-7-19(17-29)8-14-23)35-16-15-24(20-5-3-2-4-6-20)25(33-35)21-9-11-22(28)12-10-21/h2-14,24H,15-16H2,1H3,(H3,30,31,32,34,36). The van der Waals surface area contributed by atoms with Gasteiger partial charge < -0.3 is 5.73 Å². The van der Waals surface area contributed by atoms with Gasteiger partial charge in [0.05, 0.1) is 22.2 Å². The predicted molar refractivity (Wildman–Crippen MR) is 150 cm³/mol. The van der Waals surface area contributed by atoms with Crippen LogP contribution in [0.25, 0.3) is 0 Å². The molecule has 3 aromatic rings. The molecule has 12 heteroatoms. The van der Waals surface area contributed by atoms with E-state index in [1.54, 1.807) is 12.1 Å². The van der Waals surface area contributed by atoms with Gasteiger partial charge in [-0.1, -0.05) is 54.1 Å². The number of hydrogen-bond donors (Lipinski definition) is 2. The number of carbonyl (C=O) groups is 1. The zero-order valence-corrected chi connectivity index (χ0v) is 22.4. The van der Waals surface area contributed by atoms with Gasteiger partial charge in [-0.05, 0) is 53.9 Å². The Hall–Kier alpha value is -4.53. The highest BCUT2D eigenvalue weighted by molar-refractivity contribution is 7.90. The van der Waals surface area contributed by atoms with E-state index in [1.165, 1.54) is 36.2 Å². The third-order valence-electron chi connectivity index (χ3n) is 5.77. The van der Waals surface area contributed by atoms with Gasteiger partial charge in [0.1, 0.15) is 0 Å². The van der Waals surface area contributed by atoms with Crippen molar-refractivity contribution < 1.29 is 13.2 Å². The number of carbonyl (C=O) groups excluding carboxylic acids is 1. The van der Waals surface area contributed by atoms with E-state index < -0.39 is 15.9 Å². The Morgan fingerprint density at radius 3 is 2.38 bits per heavy atom. The minimum Gasteiger partial charge on any atom is -0.369 e. The molecule has 1 heterocycles. The summed E-state index contributed by atoms with van der Waals surface area (Å²) in [5.41, 5.74) is 8.65. The molecule has 0 aliphatic carbocycles. The number of hydrogen-bond acceptors (Lipinski definition) is 5. The Kier molecular flexibility index (Phi) is 8.39. The van der Waals surface area contributed by atoms with Crippen molar-refractivity contribution in [3.8, 4) is 6.07 Å². The molecule has 10 nitrogen and oxygen atoms in total. The summed E-state index contributed by atoms with van der Waals surface area (Å²) in [6, 6.07) is 24.2. The van der Waals surface area contributed by atoms with Crippen molar-refractivity contribution in [1.29, 1.82) is 5.26 Å². The van der Waals surface area contributed by atoms with Crippen LogP contribution in [0.15, 0.2) is 98.2 Å². The molecule has 1 aliphatic rings. The third-order valence-corrected chi connectivity index (χ3v) is 7.29. The van der Waals surface area contributed by atoms with Crippen LogP contribution in [0.5, 0.6) is 0 Å². The average Bonchev–Trinajstić information content (AvgIpc) is 2.93. The molecule has 3 aromatic carbocycles. The van der Waals surface area contributed by atoms with Crippen LogP contribution in [0.4, 0.5) is 0 Å². The molecule has 0 aromatic heterocycles. The largest absolute Gasteiger partial charge is 0.369 e. The van der Waals surface area contributed by atoms with Crippen LogP contribution in [0.2, 0.25) is 5.02 Å². The van der Waals surface area contributed by atoms with Gasteiger partial charge in [0.25, 0.3) is 16.0 Å². The molecule has 1 unspecified atom stereocenters. The van der Waals surface area contributed by atoms with E-state index in [4.69, 9.17) is 27.7 Å². The van der Waals surface area contributed by atoms with Crippen molar-refractivity contribution in [2.45, 2.75) is 24.2 Å². The van der Waals surface area contributed by atoms with Gasteiger partial charge in [0, 0.05) is 24.4 Å². The second-order valence-electron chi connectivity index (χ2n) is 8.55. The highest BCUT2D eigenvalue weighted by Gasteiger charge is 2.29. The van der Waals surface area contributed by atoms with Gasteiger partial charge >= 0.3 is 0 Å². The van der Waals surface area contributed by atoms with Crippen molar-refractivity contribution in [1.82, 2.24) is 10.3 Å². The number of sulfonamides is 1. The highest BCUT2D eigenvalue weighted by atomic mass is 35.5. The number of rotatable bonds is 4. The molecule has 4 rings (SSSR count). The van der Waals surface area contributed by atoms with Gasteiger partial charge in [0.15, 0.2) is 0 Å². The number of nitrogens with zero attached hydrogens (tertiary/aromatic N) is 5. The molecule has 0 saturated heterocycles. The van der Waals surface area contributed by atoms with Crippen molar-refractivity contribution in [3.63, 3.8) is 0 Å². The molecule has 0 radical (unpaired) electrons. The zero-order valence-electron chi connectivity index (χ0n) is 20.8. The van der Waals surface area contributed by atoms with E-state index in [0.717, 1.165) is 11.1 Å². The van der Waals surface area contributed by atoms with Gasteiger partial charge in [-0.3, -0.25) is 10.1 Å². The van der Waals surface area contributed by atoms with Gasteiger partial charge in [0.2, 0.25) is 11.9 Å². The third kappa shape index (κ3) is 6.87. The summed E-state index contributed by atoms with van der Waals surface area (Å²) < 4.78 is 30.3. The Balaban J connectivity index is 1.83. The summed E-state index contributed by atoms with van der Waals surface area (Å²) in [7, 11) is -4.29. The fourth-order valence-corrected chi connectivity index (χ4v) is 5.04. The summed E-state index contributed by atoms with van der Waals surface area (Å²) in [6.45, 7) is 1.50. The quantitative estimate of drug-likeness (QED) is 0.366. The number of halogens is 1. The lowest BCUT2D eigenvalue weighted by molar-refractivity contribution is -0.117. The number of aliphatic imine (C=N–C) groups is 1. The number of nitriles is 1. The molecular weight excluding hydrogens is 538 g/mol. The molecule has 3 N–H and O–H groups in total. The Morgan fingerprint density at radius 1 is 1.10 bits per heavy atom. The predicted octanol–water partition coefficient (Wildman–Crippen LogP) is 3.60. The fraction of sp³-hybridized carbons (Fsp3) is 0.148. The maximum absolute atomic E-state index is 13.2. The number of hydrazone groups is 1. The average molecular weight is 562 g/mol. The second-order valence-corrected chi connectivity index (χ2v) is 10.6. The Bertz CT molecular complexity index is 1600. The molecule has 0 fully saturated rings. The summed E-state index contributed by atoms with van der Waals surface area (Å²) >= 11 is 6.11. The highest BCUT2D eigenvalue weighted by Crippen LogP contribution is 2.30. The first-order chi connectivity index (χ1) is 18.7. The molecule has 1 aliphatic heterocycles. The molecular formula is C27H24ClN7O3S. The second kappa shape index (κ2) is 11.9. The Labute approximate surface area is 231 Å². The van der Waals surface area contributed by atoms with E-state index in [-0.39, 0.29) is 29.3 Å². The smallest absolute Gasteiger partial charge is 0.285 e. The fourth-order valence-electron chi connectivity index (χ4n) is 3.97. The van der Waals surface area contributed by atoms with E-state index >= 15 is 0 Å². The van der Waals surface area contributed by atoms with Gasteiger partial charge in [-0.15, -0.1) is 4.40 Å². The normalized spacial score (nSPS) is 16.3. The number of nitrogens with one attached hydrogen (secondary N) is 1. The first-order valence-electron chi connectivity index (χ1n) is 11.8. The number of benzene rings is 3. The number of guanidine groups is 2. The van der Waals surface area contributed by atoms with E-state index in [1.807, 2.05) is 48.5 Å². The summed E-state index contributed by atoms with van der Waals surface area (Å²) in [5.74, 6) is -1.26. The lowest BCUT2D eigenvalue weighted by atomic mass is 9.86. The zero-order chi connectivity index (χ0) is 28.0. The lowest BCUT2D eigenvalue weighted by Gasteiger charge is -2.30. The van der Waals surface area contributed by atoms with E-state index in [9.17, 15) is 13.2 Å². The number of amides is 1. The van der Waals surface area contributed by atoms with Crippen LogP contribution >= 0.6 is 11.6 Å². The van der Waals surface area contributed by atoms with Crippen LogP contribution < -0.4 is 11.1 Å². The summed E-state index contributed by atoms with van der Waals surface area (Å²) in [6.07, 6.45) is 0.553. The molecule has 1 atom stereocenters. The SMILES string of the molecule is CC(=O)NC(N)=NC(=NS(=O)(=O)c1ccc(C#N)cc1)N1CCC(c2ccccc2)C(c2ccc(Cl)cc2)=N1. The Morgan fingerprint density at radius 2 is 1.77 bits per heavy atom. The van der Waals surface area contributed by atoms with E-state index in [0.29, 0.717) is 22.7 Å². The molecule has 39 heavy (non-hydrogen) atoms. The molecule has 0 bridgehead atoms. The van der Waals surface area contributed by atoms with E-state index in [2.05, 4.69) is 14.7 Å². The van der Waals surface area contributed by atoms with Crippen LogP contribution in [0, 0.1) is 11.3 Å². The lowest BCUT2D eigenvalue weighted by Crippen LogP contribution is -2.40. The van der Waals surface area contributed by atoms with Crippen molar-refractivity contribution in [2.24, 2.45) is 20.2 Å². The van der Waals surface area contributed by atoms with Crippen molar-refractivity contribution in [2.75, 3.05) is 6.54 Å².